The van der Waals surface area contributed by atoms with Crippen LogP contribution in [-0.4, -0.2) is 75.4 Å². The summed E-state index contributed by atoms with van der Waals surface area (Å²) in [5, 5.41) is 7.00. The maximum atomic E-state index is 11.9. The minimum atomic E-state index is -0.145. The van der Waals surface area contributed by atoms with Gasteiger partial charge in [-0.05, 0) is 26.2 Å². The number of ether oxygens (including phenoxy) is 2. The summed E-state index contributed by atoms with van der Waals surface area (Å²) < 4.78 is 11.1. The van der Waals surface area contributed by atoms with E-state index in [9.17, 15) is 4.79 Å². The molecule has 26 heavy (non-hydrogen) atoms. The number of likely N-dealkylation sites (N-methyl/N-ethyl adjacent to an activating group) is 1. The standard InChI is InChI=1S/C18H34N4O3.HI/c1-17(2)14(11-18(17,3)24-6)21-16(19-12-15(23)22(4)5)20-13-7-9-25-10-8-13;/h13-14H,7-12H2,1-6H3,(H2,19,20,21);1H. The Labute approximate surface area is 174 Å². The van der Waals surface area contributed by atoms with E-state index in [1.807, 2.05) is 0 Å². The van der Waals surface area contributed by atoms with Gasteiger partial charge in [0.15, 0.2) is 5.96 Å². The molecule has 0 spiro atoms. The Balaban J connectivity index is 0.00000338. The van der Waals surface area contributed by atoms with Gasteiger partial charge >= 0.3 is 0 Å². The lowest BCUT2D eigenvalue weighted by atomic mass is 9.56. The maximum Gasteiger partial charge on any atom is 0.243 e. The SMILES string of the molecule is COC1(C)CC(NC(=NCC(=O)N(C)C)NC2CCOCC2)C1(C)C.I. The van der Waals surface area contributed by atoms with Crippen LogP contribution in [0.25, 0.3) is 0 Å². The molecule has 1 amide bonds. The van der Waals surface area contributed by atoms with Crippen molar-refractivity contribution in [3.8, 4) is 0 Å². The number of hydrogen-bond acceptors (Lipinski definition) is 4. The van der Waals surface area contributed by atoms with Gasteiger partial charge in [0.05, 0.1) is 5.60 Å². The molecule has 7 nitrogen and oxygen atoms in total. The van der Waals surface area contributed by atoms with E-state index in [1.165, 1.54) is 0 Å². The largest absolute Gasteiger partial charge is 0.381 e. The predicted molar refractivity (Wildman–Crippen MR) is 114 cm³/mol. The molecular formula is C18H35IN4O3. The van der Waals surface area contributed by atoms with Crippen molar-refractivity contribution in [3.63, 3.8) is 0 Å². The molecule has 2 atom stereocenters. The Morgan fingerprint density at radius 3 is 2.35 bits per heavy atom. The first-order valence-corrected chi connectivity index (χ1v) is 9.10. The molecule has 2 rings (SSSR count). The number of carbonyl (C=O) groups is 1. The van der Waals surface area contributed by atoms with Crippen LogP contribution >= 0.6 is 24.0 Å². The highest BCUT2D eigenvalue weighted by Crippen LogP contribution is 2.51. The lowest BCUT2D eigenvalue weighted by Gasteiger charge is -2.59. The van der Waals surface area contributed by atoms with Crippen LogP contribution in [0.3, 0.4) is 0 Å². The second kappa shape index (κ2) is 9.54. The first kappa shape index (κ1) is 23.4. The molecular weight excluding hydrogens is 447 g/mol. The summed E-state index contributed by atoms with van der Waals surface area (Å²) >= 11 is 0. The molecule has 2 aliphatic rings. The molecule has 0 aromatic heterocycles. The number of guanidine groups is 1. The summed E-state index contributed by atoms with van der Waals surface area (Å²) in [7, 11) is 5.26. The third-order valence-corrected chi connectivity index (χ3v) is 6.02. The zero-order valence-corrected chi connectivity index (χ0v) is 19.3. The van der Waals surface area contributed by atoms with E-state index in [0.717, 1.165) is 32.5 Å². The number of rotatable bonds is 5. The van der Waals surface area contributed by atoms with E-state index < -0.39 is 0 Å². The van der Waals surface area contributed by atoms with Gasteiger partial charge in [0.25, 0.3) is 0 Å². The van der Waals surface area contributed by atoms with Crippen LogP contribution in [0.1, 0.15) is 40.0 Å². The summed E-state index contributed by atoms with van der Waals surface area (Å²) in [6, 6.07) is 0.574. The minimum Gasteiger partial charge on any atom is -0.381 e. The molecule has 8 heteroatoms. The van der Waals surface area contributed by atoms with E-state index in [1.54, 1.807) is 26.1 Å². The fraction of sp³-hybridized carbons (Fsp3) is 0.889. The quantitative estimate of drug-likeness (QED) is 0.354. The smallest absolute Gasteiger partial charge is 0.243 e. The number of carbonyl (C=O) groups excluding carboxylic acids is 1. The summed E-state index contributed by atoms with van der Waals surface area (Å²) in [6.07, 6.45) is 2.81. The van der Waals surface area contributed by atoms with E-state index in [2.05, 4.69) is 36.4 Å². The van der Waals surface area contributed by atoms with Gasteiger partial charge in [0, 0.05) is 51.9 Å². The summed E-state index contributed by atoms with van der Waals surface area (Å²) in [5.74, 6) is 0.695. The van der Waals surface area contributed by atoms with E-state index in [4.69, 9.17) is 9.47 Å². The first-order chi connectivity index (χ1) is 11.7. The zero-order chi connectivity index (χ0) is 18.7. The fourth-order valence-electron chi connectivity index (χ4n) is 3.34. The average molecular weight is 482 g/mol. The third-order valence-electron chi connectivity index (χ3n) is 6.02. The van der Waals surface area contributed by atoms with E-state index >= 15 is 0 Å². The lowest BCUT2D eigenvalue weighted by Crippen LogP contribution is -2.69. The van der Waals surface area contributed by atoms with Crippen molar-refractivity contribution in [1.29, 1.82) is 0 Å². The van der Waals surface area contributed by atoms with Crippen molar-refractivity contribution < 1.29 is 14.3 Å². The van der Waals surface area contributed by atoms with Crippen molar-refractivity contribution in [2.45, 2.75) is 57.7 Å². The van der Waals surface area contributed by atoms with Gasteiger partial charge < -0.3 is 25.0 Å². The minimum absolute atomic E-state index is 0. The Morgan fingerprint density at radius 1 is 1.23 bits per heavy atom. The van der Waals surface area contributed by atoms with Crippen LogP contribution in [0.15, 0.2) is 4.99 Å². The number of nitrogens with one attached hydrogen (secondary N) is 2. The molecule has 0 bridgehead atoms. The highest BCUT2D eigenvalue weighted by Gasteiger charge is 2.58. The van der Waals surface area contributed by atoms with Gasteiger partial charge in [-0.1, -0.05) is 13.8 Å². The molecule has 2 N–H and O–H groups in total. The molecule has 0 radical (unpaired) electrons. The zero-order valence-electron chi connectivity index (χ0n) is 16.9. The Hall–Kier alpha value is -0.610. The normalized spacial score (nSPS) is 28.5. The average Bonchev–Trinajstić information content (AvgIpc) is 2.59. The van der Waals surface area contributed by atoms with Gasteiger partial charge in [-0.15, -0.1) is 24.0 Å². The second-order valence-corrected chi connectivity index (χ2v) is 8.04. The number of halogens is 1. The van der Waals surface area contributed by atoms with Crippen molar-refractivity contribution >= 4 is 35.8 Å². The number of amides is 1. The van der Waals surface area contributed by atoms with Gasteiger partial charge in [0.1, 0.15) is 6.54 Å². The monoisotopic (exact) mass is 482 g/mol. The Kier molecular flexibility index (Phi) is 8.60. The van der Waals surface area contributed by atoms with E-state index in [0.29, 0.717) is 12.0 Å². The molecule has 1 heterocycles. The van der Waals surface area contributed by atoms with Gasteiger partial charge in [-0.3, -0.25) is 4.79 Å². The highest BCUT2D eigenvalue weighted by molar-refractivity contribution is 14.0. The molecule has 2 unspecified atom stereocenters. The predicted octanol–water partition coefficient (Wildman–Crippen LogP) is 1.61. The number of hydrogen-bond donors (Lipinski definition) is 2. The number of methoxy groups -OCH3 is 1. The molecule has 1 saturated heterocycles. The van der Waals surface area contributed by atoms with Crippen molar-refractivity contribution in [3.05, 3.63) is 0 Å². The van der Waals surface area contributed by atoms with Crippen molar-refractivity contribution in [2.24, 2.45) is 10.4 Å². The van der Waals surface area contributed by atoms with Crippen LogP contribution in [0, 0.1) is 5.41 Å². The fourth-order valence-corrected chi connectivity index (χ4v) is 3.34. The molecule has 2 fully saturated rings. The number of aliphatic imine (C=N–C) groups is 1. The summed E-state index contributed by atoms with van der Waals surface area (Å²) in [5.41, 5.74) is -0.167. The van der Waals surface area contributed by atoms with Crippen LogP contribution in [0.5, 0.6) is 0 Å². The van der Waals surface area contributed by atoms with Crippen LogP contribution in [-0.2, 0) is 14.3 Å². The summed E-state index contributed by atoms with van der Waals surface area (Å²) in [4.78, 5) is 18.0. The van der Waals surface area contributed by atoms with Gasteiger partial charge in [-0.25, -0.2) is 4.99 Å². The van der Waals surface area contributed by atoms with Crippen molar-refractivity contribution in [2.75, 3.05) is 41.0 Å². The lowest BCUT2D eigenvalue weighted by molar-refractivity contribution is -0.176. The van der Waals surface area contributed by atoms with Crippen LogP contribution < -0.4 is 10.6 Å². The topological polar surface area (TPSA) is 75.2 Å². The second-order valence-electron chi connectivity index (χ2n) is 8.04. The molecule has 1 aliphatic carbocycles. The van der Waals surface area contributed by atoms with Crippen molar-refractivity contribution in [1.82, 2.24) is 15.5 Å². The third kappa shape index (κ3) is 5.22. The molecule has 1 saturated carbocycles. The molecule has 152 valence electrons. The Morgan fingerprint density at radius 2 is 1.85 bits per heavy atom. The Bertz CT molecular complexity index is 507. The van der Waals surface area contributed by atoms with E-state index in [-0.39, 0.29) is 53.5 Å². The van der Waals surface area contributed by atoms with Gasteiger partial charge in [0.2, 0.25) is 5.91 Å². The molecule has 0 aromatic carbocycles. The maximum absolute atomic E-state index is 11.9. The molecule has 1 aliphatic heterocycles. The van der Waals surface area contributed by atoms with Crippen LogP contribution in [0.4, 0.5) is 0 Å². The number of nitrogens with zero attached hydrogens (tertiary/aromatic N) is 2. The summed E-state index contributed by atoms with van der Waals surface area (Å²) in [6.45, 7) is 8.21. The van der Waals surface area contributed by atoms with Crippen LogP contribution in [0.2, 0.25) is 0 Å². The highest BCUT2D eigenvalue weighted by atomic mass is 127. The molecule has 0 aromatic rings. The first-order valence-electron chi connectivity index (χ1n) is 9.10. The van der Waals surface area contributed by atoms with Gasteiger partial charge in [-0.2, -0.15) is 0 Å².